The van der Waals surface area contributed by atoms with Crippen LogP contribution in [0.2, 0.25) is 0 Å². The number of para-hydroxylation sites is 1. The first-order chi connectivity index (χ1) is 8.93. The average Bonchev–Trinajstić information content (AvgIpc) is 3.05. The third kappa shape index (κ3) is 1.31. The van der Waals surface area contributed by atoms with Gasteiger partial charge in [0, 0.05) is 34.2 Å². The number of H-pyrrole nitrogens is 1. The zero-order valence-corrected chi connectivity index (χ0v) is 10.4. The summed E-state index contributed by atoms with van der Waals surface area (Å²) in [4.78, 5) is 8.82. The highest BCUT2D eigenvalue weighted by Gasteiger charge is 2.09. The van der Waals surface area contributed by atoms with Crippen molar-refractivity contribution in [3.05, 3.63) is 54.2 Å². The quantitative estimate of drug-likeness (QED) is 0.531. The Labute approximate surface area is 108 Å². The van der Waals surface area contributed by atoms with E-state index in [0.29, 0.717) is 0 Å². The summed E-state index contributed by atoms with van der Waals surface area (Å²) in [6.45, 7) is 0. The van der Waals surface area contributed by atoms with Crippen molar-refractivity contribution in [1.82, 2.24) is 9.97 Å². The molecule has 0 radical (unpaired) electrons. The molecule has 2 nitrogen and oxygen atoms in total. The van der Waals surface area contributed by atoms with Gasteiger partial charge in [-0.2, -0.15) is 0 Å². The maximum atomic E-state index is 4.40. The number of pyridine rings is 1. The molecule has 1 N–H and O–H groups in total. The van der Waals surface area contributed by atoms with Gasteiger partial charge in [0.15, 0.2) is 0 Å². The Morgan fingerprint density at radius 2 is 1.89 bits per heavy atom. The number of thiophene rings is 1. The SMILES string of the molecule is c1ccc2c(-c3ccnc4sccc34)c[nH]c2c1. The molecule has 0 unspecified atom stereocenters. The molecule has 0 aliphatic heterocycles. The Kier molecular flexibility index (Phi) is 2.02. The van der Waals surface area contributed by atoms with E-state index in [2.05, 4.69) is 57.9 Å². The Hall–Kier alpha value is -2.13. The minimum atomic E-state index is 1.10. The number of fused-ring (bicyclic) bond motifs is 2. The van der Waals surface area contributed by atoms with Gasteiger partial charge in [-0.05, 0) is 29.1 Å². The van der Waals surface area contributed by atoms with E-state index in [1.165, 1.54) is 27.4 Å². The van der Waals surface area contributed by atoms with E-state index in [1.54, 1.807) is 11.3 Å². The summed E-state index contributed by atoms with van der Waals surface area (Å²) in [5.41, 5.74) is 3.67. The van der Waals surface area contributed by atoms with Crippen LogP contribution in [0.25, 0.3) is 32.2 Å². The highest BCUT2D eigenvalue weighted by Crippen LogP contribution is 2.34. The molecule has 3 aromatic heterocycles. The van der Waals surface area contributed by atoms with Gasteiger partial charge in [-0.15, -0.1) is 11.3 Å². The monoisotopic (exact) mass is 250 g/mol. The van der Waals surface area contributed by atoms with E-state index in [1.807, 2.05) is 6.20 Å². The second kappa shape index (κ2) is 3.68. The van der Waals surface area contributed by atoms with Crippen LogP contribution in [0, 0.1) is 0 Å². The lowest BCUT2D eigenvalue weighted by Crippen LogP contribution is -1.78. The second-order valence-electron chi connectivity index (χ2n) is 4.25. The van der Waals surface area contributed by atoms with Gasteiger partial charge in [0.1, 0.15) is 4.83 Å². The molecular weight excluding hydrogens is 240 g/mol. The van der Waals surface area contributed by atoms with E-state index in [0.717, 1.165) is 4.83 Å². The first-order valence-electron chi connectivity index (χ1n) is 5.82. The molecule has 0 spiro atoms. The number of aromatic amines is 1. The third-order valence-electron chi connectivity index (χ3n) is 3.25. The number of rotatable bonds is 1. The van der Waals surface area contributed by atoms with Crippen molar-refractivity contribution >= 4 is 32.5 Å². The highest BCUT2D eigenvalue weighted by atomic mass is 32.1. The topological polar surface area (TPSA) is 28.7 Å². The summed E-state index contributed by atoms with van der Waals surface area (Å²) in [5, 5.41) is 4.58. The van der Waals surface area contributed by atoms with Crippen molar-refractivity contribution < 1.29 is 0 Å². The molecule has 0 saturated heterocycles. The van der Waals surface area contributed by atoms with E-state index in [9.17, 15) is 0 Å². The van der Waals surface area contributed by atoms with Crippen LogP contribution >= 0.6 is 11.3 Å². The number of hydrogen-bond donors (Lipinski definition) is 1. The molecule has 0 bridgehead atoms. The molecule has 4 rings (SSSR count). The molecule has 0 aliphatic carbocycles. The maximum absolute atomic E-state index is 4.40. The van der Waals surface area contributed by atoms with Gasteiger partial charge >= 0.3 is 0 Å². The summed E-state index contributed by atoms with van der Waals surface area (Å²) < 4.78 is 0. The average molecular weight is 250 g/mol. The van der Waals surface area contributed by atoms with Gasteiger partial charge in [-0.25, -0.2) is 4.98 Å². The summed E-state index contributed by atoms with van der Waals surface area (Å²) in [6.07, 6.45) is 3.97. The van der Waals surface area contributed by atoms with Gasteiger partial charge in [0.05, 0.1) is 0 Å². The molecule has 0 amide bonds. The van der Waals surface area contributed by atoms with Crippen LogP contribution in [0.5, 0.6) is 0 Å². The highest BCUT2D eigenvalue weighted by molar-refractivity contribution is 7.16. The molecule has 0 saturated carbocycles. The van der Waals surface area contributed by atoms with Crippen molar-refractivity contribution in [2.45, 2.75) is 0 Å². The lowest BCUT2D eigenvalue weighted by atomic mass is 10.0. The molecule has 0 atom stereocenters. The largest absolute Gasteiger partial charge is 0.361 e. The van der Waals surface area contributed by atoms with Crippen LogP contribution in [0.1, 0.15) is 0 Å². The predicted molar refractivity (Wildman–Crippen MR) is 76.9 cm³/mol. The van der Waals surface area contributed by atoms with Crippen molar-refractivity contribution in [3.8, 4) is 11.1 Å². The standard InChI is InChI=1S/C15H10N2S/c1-2-4-14-11(3-1)13(9-17-14)10-5-7-16-15-12(10)6-8-18-15/h1-9,17H. The molecule has 1 aromatic carbocycles. The lowest BCUT2D eigenvalue weighted by Gasteiger charge is -2.01. The zero-order chi connectivity index (χ0) is 11.9. The van der Waals surface area contributed by atoms with E-state index in [4.69, 9.17) is 0 Å². The smallest absolute Gasteiger partial charge is 0.123 e. The number of nitrogens with one attached hydrogen (secondary N) is 1. The molecule has 0 aliphatic rings. The first kappa shape index (κ1) is 9.85. The van der Waals surface area contributed by atoms with E-state index >= 15 is 0 Å². The second-order valence-corrected chi connectivity index (χ2v) is 5.14. The van der Waals surface area contributed by atoms with Crippen LogP contribution in [-0.2, 0) is 0 Å². The molecule has 3 heteroatoms. The van der Waals surface area contributed by atoms with E-state index < -0.39 is 0 Å². The molecule has 0 fully saturated rings. The Morgan fingerprint density at radius 1 is 0.944 bits per heavy atom. The van der Waals surface area contributed by atoms with Gasteiger partial charge in [0.2, 0.25) is 0 Å². The molecular formula is C15H10N2S. The van der Waals surface area contributed by atoms with Crippen LogP contribution in [0.4, 0.5) is 0 Å². The number of hydrogen-bond acceptors (Lipinski definition) is 2. The molecule has 18 heavy (non-hydrogen) atoms. The fourth-order valence-corrected chi connectivity index (χ4v) is 3.16. The number of benzene rings is 1. The Bertz CT molecular complexity index is 842. The van der Waals surface area contributed by atoms with Crippen molar-refractivity contribution in [3.63, 3.8) is 0 Å². The van der Waals surface area contributed by atoms with E-state index in [-0.39, 0.29) is 0 Å². The first-order valence-corrected chi connectivity index (χ1v) is 6.70. The summed E-state index contributed by atoms with van der Waals surface area (Å²) in [6, 6.07) is 12.6. The normalized spacial score (nSPS) is 11.3. The van der Waals surface area contributed by atoms with Crippen LogP contribution in [0.3, 0.4) is 0 Å². The Morgan fingerprint density at radius 3 is 2.89 bits per heavy atom. The fraction of sp³-hybridized carbons (Fsp3) is 0. The van der Waals surface area contributed by atoms with Gasteiger partial charge in [0.25, 0.3) is 0 Å². The molecule has 86 valence electrons. The predicted octanol–water partition coefficient (Wildman–Crippen LogP) is 4.44. The lowest BCUT2D eigenvalue weighted by molar-refractivity contribution is 1.44. The van der Waals surface area contributed by atoms with Crippen LogP contribution < -0.4 is 0 Å². The molecule has 4 aromatic rings. The summed E-state index contributed by atoms with van der Waals surface area (Å²) in [5.74, 6) is 0. The van der Waals surface area contributed by atoms with Crippen molar-refractivity contribution in [1.29, 1.82) is 0 Å². The van der Waals surface area contributed by atoms with Gasteiger partial charge in [-0.1, -0.05) is 18.2 Å². The van der Waals surface area contributed by atoms with Crippen molar-refractivity contribution in [2.24, 2.45) is 0 Å². The summed E-state index contributed by atoms with van der Waals surface area (Å²) >= 11 is 1.68. The van der Waals surface area contributed by atoms with Gasteiger partial charge in [-0.3, -0.25) is 0 Å². The summed E-state index contributed by atoms with van der Waals surface area (Å²) in [7, 11) is 0. The minimum absolute atomic E-state index is 1.10. The minimum Gasteiger partial charge on any atom is -0.361 e. The molecule has 3 heterocycles. The fourth-order valence-electron chi connectivity index (χ4n) is 2.40. The Balaban J connectivity index is 2.10. The maximum Gasteiger partial charge on any atom is 0.123 e. The number of nitrogens with zero attached hydrogens (tertiary/aromatic N) is 1. The van der Waals surface area contributed by atoms with Crippen molar-refractivity contribution in [2.75, 3.05) is 0 Å². The zero-order valence-electron chi connectivity index (χ0n) is 9.55. The van der Waals surface area contributed by atoms with Crippen LogP contribution in [-0.4, -0.2) is 9.97 Å². The number of aromatic nitrogens is 2. The third-order valence-corrected chi connectivity index (χ3v) is 4.07. The van der Waals surface area contributed by atoms with Crippen LogP contribution in [0.15, 0.2) is 54.2 Å². The van der Waals surface area contributed by atoms with Gasteiger partial charge < -0.3 is 4.98 Å².